The predicted octanol–water partition coefficient (Wildman–Crippen LogP) is -0.554. The zero-order chi connectivity index (χ0) is 12.1. The Hall–Kier alpha value is -0.950. The Labute approximate surface area is 89.0 Å². The average Bonchev–Trinajstić information content (AvgIpc) is 2.12. The first kappa shape index (κ1) is 14.1. The number of rotatable bonds is 6. The highest BCUT2D eigenvalue weighted by Crippen LogP contribution is 1.97. The fourth-order valence-corrected chi connectivity index (χ4v) is 1.72. The molecule has 0 radical (unpaired) electrons. The van der Waals surface area contributed by atoms with E-state index in [2.05, 4.69) is 9.46 Å². The number of carbonyl (C=O) groups is 2. The number of carbonyl (C=O) groups excluding carboxylic acids is 2. The SMILES string of the molecule is CCOC(=O)C(=O)C(CC)NS(C)(=O)=O. The summed E-state index contributed by atoms with van der Waals surface area (Å²) in [6.45, 7) is 3.25. The van der Waals surface area contributed by atoms with Gasteiger partial charge in [-0.1, -0.05) is 6.92 Å². The molecule has 15 heavy (non-hydrogen) atoms. The van der Waals surface area contributed by atoms with Crippen molar-refractivity contribution in [3.63, 3.8) is 0 Å². The smallest absolute Gasteiger partial charge is 0.376 e. The minimum Gasteiger partial charge on any atom is -0.460 e. The summed E-state index contributed by atoms with van der Waals surface area (Å²) < 4.78 is 28.3. The van der Waals surface area contributed by atoms with E-state index in [9.17, 15) is 18.0 Å². The molecule has 0 rings (SSSR count). The second-order valence-electron chi connectivity index (χ2n) is 2.94. The number of hydrogen-bond donors (Lipinski definition) is 1. The van der Waals surface area contributed by atoms with Crippen LogP contribution in [0.4, 0.5) is 0 Å². The van der Waals surface area contributed by atoms with E-state index in [4.69, 9.17) is 0 Å². The van der Waals surface area contributed by atoms with Gasteiger partial charge in [0.05, 0.1) is 18.9 Å². The van der Waals surface area contributed by atoms with Crippen LogP contribution in [0.2, 0.25) is 0 Å². The number of sulfonamides is 1. The third-order valence-electron chi connectivity index (χ3n) is 1.56. The molecule has 0 aromatic rings. The molecule has 0 heterocycles. The Morgan fingerprint density at radius 3 is 2.20 bits per heavy atom. The van der Waals surface area contributed by atoms with E-state index in [0.717, 1.165) is 6.26 Å². The van der Waals surface area contributed by atoms with Crippen LogP contribution >= 0.6 is 0 Å². The Kier molecular flexibility index (Phi) is 5.45. The average molecular weight is 237 g/mol. The number of ketones is 1. The lowest BCUT2D eigenvalue weighted by molar-refractivity contribution is -0.154. The molecule has 1 atom stereocenters. The summed E-state index contributed by atoms with van der Waals surface area (Å²) in [6, 6.07) is -1.04. The van der Waals surface area contributed by atoms with Crippen molar-refractivity contribution < 1.29 is 22.7 Å². The number of ether oxygens (including phenoxy) is 1. The van der Waals surface area contributed by atoms with E-state index in [1.54, 1.807) is 13.8 Å². The van der Waals surface area contributed by atoms with Crippen LogP contribution in [0.25, 0.3) is 0 Å². The molecule has 0 aromatic carbocycles. The van der Waals surface area contributed by atoms with Gasteiger partial charge in [0, 0.05) is 0 Å². The van der Waals surface area contributed by atoms with E-state index in [-0.39, 0.29) is 13.0 Å². The van der Waals surface area contributed by atoms with E-state index in [1.165, 1.54) is 0 Å². The van der Waals surface area contributed by atoms with Crippen molar-refractivity contribution in [3.05, 3.63) is 0 Å². The Balaban J connectivity index is 4.55. The molecular weight excluding hydrogens is 222 g/mol. The summed E-state index contributed by atoms with van der Waals surface area (Å²) in [6.07, 6.45) is 1.12. The van der Waals surface area contributed by atoms with Crippen LogP contribution in [0, 0.1) is 0 Å². The summed E-state index contributed by atoms with van der Waals surface area (Å²) in [4.78, 5) is 22.4. The first-order chi connectivity index (χ1) is 6.81. The van der Waals surface area contributed by atoms with E-state index >= 15 is 0 Å². The molecule has 0 amide bonds. The molecule has 0 bridgehead atoms. The van der Waals surface area contributed by atoms with Crippen LogP contribution in [0.15, 0.2) is 0 Å². The minimum atomic E-state index is -3.51. The normalized spacial score (nSPS) is 13.3. The quantitative estimate of drug-likeness (QED) is 0.494. The number of hydrogen-bond acceptors (Lipinski definition) is 5. The molecule has 0 saturated heterocycles. The summed E-state index contributed by atoms with van der Waals surface area (Å²) >= 11 is 0. The zero-order valence-corrected chi connectivity index (χ0v) is 9.76. The predicted molar refractivity (Wildman–Crippen MR) is 53.7 cm³/mol. The second-order valence-corrected chi connectivity index (χ2v) is 4.72. The van der Waals surface area contributed by atoms with Crippen molar-refractivity contribution >= 4 is 21.8 Å². The molecule has 0 aliphatic heterocycles. The fraction of sp³-hybridized carbons (Fsp3) is 0.750. The summed E-state index contributed by atoms with van der Waals surface area (Å²) in [5.41, 5.74) is 0. The molecule has 0 aliphatic rings. The van der Waals surface area contributed by atoms with Gasteiger partial charge >= 0.3 is 5.97 Å². The summed E-state index contributed by atoms with van der Waals surface area (Å²) in [7, 11) is -3.51. The van der Waals surface area contributed by atoms with Gasteiger partial charge < -0.3 is 4.74 Å². The highest BCUT2D eigenvalue weighted by molar-refractivity contribution is 7.88. The highest BCUT2D eigenvalue weighted by atomic mass is 32.2. The summed E-state index contributed by atoms with van der Waals surface area (Å²) in [5.74, 6) is -1.88. The van der Waals surface area contributed by atoms with Gasteiger partial charge in [-0.2, -0.15) is 0 Å². The van der Waals surface area contributed by atoms with Gasteiger partial charge in [-0.15, -0.1) is 0 Å². The van der Waals surface area contributed by atoms with Crippen molar-refractivity contribution in [1.29, 1.82) is 0 Å². The first-order valence-corrected chi connectivity index (χ1v) is 6.39. The van der Waals surface area contributed by atoms with Crippen LogP contribution < -0.4 is 4.72 Å². The van der Waals surface area contributed by atoms with E-state index in [1.807, 2.05) is 0 Å². The number of esters is 1. The van der Waals surface area contributed by atoms with Gasteiger partial charge in [0.25, 0.3) is 5.78 Å². The zero-order valence-electron chi connectivity index (χ0n) is 8.94. The van der Waals surface area contributed by atoms with Crippen molar-refractivity contribution in [2.75, 3.05) is 12.9 Å². The van der Waals surface area contributed by atoms with Crippen molar-refractivity contribution in [3.8, 4) is 0 Å². The van der Waals surface area contributed by atoms with Crippen molar-refractivity contribution in [2.24, 2.45) is 0 Å². The number of Topliss-reactive ketones (excluding diaryl/α,β-unsaturated/α-hetero) is 1. The van der Waals surface area contributed by atoms with Crippen molar-refractivity contribution in [1.82, 2.24) is 4.72 Å². The van der Waals surface area contributed by atoms with Crippen LogP contribution in [0.5, 0.6) is 0 Å². The molecular formula is C8H15NO5S. The minimum absolute atomic E-state index is 0.0832. The molecule has 0 saturated carbocycles. The summed E-state index contributed by atoms with van der Waals surface area (Å²) in [5, 5.41) is 0. The molecule has 1 N–H and O–H groups in total. The largest absolute Gasteiger partial charge is 0.460 e. The molecule has 0 spiro atoms. The highest BCUT2D eigenvalue weighted by Gasteiger charge is 2.27. The monoisotopic (exact) mass is 237 g/mol. The lowest BCUT2D eigenvalue weighted by atomic mass is 10.1. The van der Waals surface area contributed by atoms with Gasteiger partial charge in [-0.05, 0) is 13.3 Å². The molecule has 0 fully saturated rings. The Morgan fingerprint density at radius 2 is 1.87 bits per heavy atom. The lowest BCUT2D eigenvalue weighted by Gasteiger charge is -2.12. The molecule has 0 aliphatic carbocycles. The van der Waals surface area contributed by atoms with Gasteiger partial charge in [0.1, 0.15) is 0 Å². The third kappa shape index (κ3) is 5.48. The molecule has 1 unspecified atom stereocenters. The Morgan fingerprint density at radius 1 is 1.33 bits per heavy atom. The van der Waals surface area contributed by atoms with Gasteiger partial charge in [-0.3, -0.25) is 4.79 Å². The molecule has 6 nitrogen and oxygen atoms in total. The Bertz CT molecular complexity index is 335. The third-order valence-corrected chi connectivity index (χ3v) is 2.27. The lowest BCUT2D eigenvalue weighted by Crippen LogP contribution is -2.43. The van der Waals surface area contributed by atoms with Gasteiger partial charge in [0.15, 0.2) is 0 Å². The van der Waals surface area contributed by atoms with Gasteiger partial charge in [0.2, 0.25) is 10.0 Å². The van der Waals surface area contributed by atoms with E-state index in [0.29, 0.717) is 0 Å². The van der Waals surface area contributed by atoms with Crippen LogP contribution in [-0.4, -0.2) is 39.1 Å². The van der Waals surface area contributed by atoms with Crippen LogP contribution in [0.1, 0.15) is 20.3 Å². The molecule has 88 valence electrons. The molecule has 7 heteroatoms. The number of nitrogens with one attached hydrogen (secondary N) is 1. The standard InChI is InChI=1S/C8H15NO5S/c1-4-6(9-15(3,12)13)7(10)8(11)14-5-2/h6,9H,4-5H2,1-3H3. The molecule has 0 aromatic heterocycles. The first-order valence-electron chi connectivity index (χ1n) is 4.50. The maximum atomic E-state index is 11.3. The van der Waals surface area contributed by atoms with Gasteiger partial charge in [-0.25, -0.2) is 17.9 Å². The topological polar surface area (TPSA) is 89.5 Å². The van der Waals surface area contributed by atoms with E-state index < -0.39 is 27.8 Å². The maximum absolute atomic E-state index is 11.3. The van der Waals surface area contributed by atoms with Crippen LogP contribution in [0.3, 0.4) is 0 Å². The fourth-order valence-electron chi connectivity index (χ4n) is 0.925. The maximum Gasteiger partial charge on any atom is 0.376 e. The van der Waals surface area contributed by atoms with Crippen molar-refractivity contribution in [2.45, 2.75) is 26.3 Å². The van der Waals surface area contributed by atoms with Crippen LogP contribution in [-0.2, 0) is 24.3 Å². The second kappa shape index (κ2) is 5.82.